The fourth-order valence-corrected chi connectivity index (χ4v) is 8.20. The molecule has 9 atom stereocenters. The van der Waals surface area contributed by atoms with Crippen LogP contribution >= 0.6 is 0 Å². The largest absolute Gasteiger partial charge is 0.481 e. The summed E-state index contributed by atoms with van der Waals surface area (Å²) >= 11 is 0. The molecule has 3 aliphatic heterocycles. The third-order valence-corrected chi connectivity index (χ3v) is 8.44. The van der Waals surface area contributed by atoms with Gasteiger partial charge in [0.05, 0.1) is 12.2 Å². The van der Waals surface area contributed by atoms with Crippen molar-refractivity contribution in [2.75, 3.05) is 0 Å². The predicted octanol–water partition coefficient (Wildman–Crippen LogP) is 1.37. The van der Waals surface area contributed by atoms with Gasteiger partial charge in [-0.25, -0.2) is 0 Å². The van der Waals surface area contributed by atoms with Gasteiger partial charge < -0.3 is 14.6 Å². The van der Waals surface area contributed by atoms with Gasteiger partial charge in [-0.1, -0.05) is 6.92 Å². The Labute approximate surface area is 127 Å². The highest BCUT2D eigenvalue weighted by Crippen LogP contribution is 3.01. The van der Waals surface area contributed by atoms with Crippen LogP contribution in [-0.4, -0.2) is 35.4 Å². The molecular weight excluding hydrogens is 284 g/mol. The maximum Gasteiger partial charge on any atom is 0.314 e. The first-order chi connectivity index (χ1) is 10.4. The Balaban J connectivity index is 1.73. The second kappa shape index (κ2) is 2.77. The number of carboxylic acid groups (broad SMARTS) is 1. The molecule has 116 valence electrons. The van der Waals surface area contributed by atoms with E-state index in [-0.39, 0.29) is 30.0 Å². The highest BCUT2D eigenvalue weighted by molar-refractivity contribution is 6.03. The van der Waals surface area contributed by atoms with E-state index in [1.54, 1.807) is 0 Å². The summed E-state index contributed by atoms with van der Waals surface area (Å²) in [5, 5.41) is 10.2. The van der Waals surface area contributed by atoms with E-state index in [1.165, 1.54) is 0 Å². The van der Waals surface area contributed by atoms with Crippen LogP contribution in [0.3, 0.4) is 0 Å². The molecule has 6 rings (SSSR count). The SMILES string of the molecule is CC1=C(C)C2OC1C1(C(=O)O)C34C(=O)OC5CC(C(C)C53)C214. The fraction of sp³-hybridized carbons (Fsp3) is 0.765. The van der Waals surface area contributed by atoms with Gasteiger partial charge >= 0.3 is 11.9 Å². The smallest absolute Gasteiger partial charge is 0.314 e. The monoisotopic (exact) mass is 302 g/mol. The number of fused-ring (bicyclic) bond motifs is 4. The molecule has 0 aromatic heterocycles. The van der Waals surface area contributed by atoms with Crippen LogP contribution in [0, 0.1) is 34.0 Å². The maximum atomic E-state index is 12.9. The Morgan fingerprint density at radius 1 is 1.27 bits per heavy atom. The molecule has 0 aromatic rings. The molecule has 0 amide bonds. The van der Waals surface area contributed by atoms with Crippen LogP contribution < -0.4 is 0 Å². The summed E-state index contributed by atoms with van der Waals surface area (Å²) < 4.78 is 11.8. The van der Waals surface area contributed by atoms with Crippen molar-refractivity contribution in [1.29, 1.82) is 0 Å². The second-order valence-electron chi connectivity index (χ2n) is 8.22. The van der Waals surface area contributed by atoms with Gasteiger partial charge in [-0.3, -0.25) is 9.59 Å². The molecule has 22 heavy (non-hydrogen) atoms. The van der Waals surface area contributed by atoms with Gasteiger partial charge in [0, 0.05) is 11.3 Å². The Morgan fingerprint density at radius 3 is 2.64 bits per heavy atom. The number of ether oxygens (including phenoxy) is 2. The number of carbonyl (C=O) groups excluding carboxylic acids is 1. The third-order valence-electron chi connectivity index (χ3n) is 8.44. The molecule has 5 nitrogen and oxygen atoms in total. The van der Waals surface area contributed by atoms with Gasteiger partial charge in [-0.15, -0.1) is 0 Å². The van der Waals surface area contributed by atoms with E-state index in [0.29, 0.717) is 5.92 Å². The van der Waals surface area contributed by atoms with Crippen molar-refractivity contribution in [1.82, 2.24) is 0 Å². The zero-order valence-corrected chi connectivity index (χ0v) is 12.8. The maximum absolute atomic E-state index is 12.9. The molecule has 3 saturated carbocycles. The van der Waals surface area contributed by atoms with Crippen LogP contribution in [0.4, 0.5) is 0 Å². The summed E-state index contributed by atoms with van der Waals surface area (Å²) in [6, 6.07) is 0. The average molecular weight is 302 g/mol. The van der Waals surface area contributed by atoms with Crippen molar-refractivity contribution >= 4 is 11.9 Å². The lowest BCUT2D eigenvalue weighted by Gasteiger charge is -2.32. The van der Waals surface area contributed by atoms with Crippen LogP contribution in [0.25, 0.3) is 0 Å². The van der Waals surface area contributed by atoms with Gasteiger partial charge in [0.2, 0.25) is 0 Å². The van der Waals surface area contributed by atoms with Gasteiger partial charge in [-0.05, 0) is 43.3 Å². The zero-order chi connectivity index (χ0) is 15.4. The van der Waals surface area contributed by atoms with E-state index < -0.39 is 28.3 Å². The number of aliphatic carboxylic acids is 1. The summed E-state index contributed by atoms with van der Waals surface area (Å²) in [6.07, 6.45) is 0.0855. The van der Waals surface area contributed by atoms with Crippen LogP contribution in [0.1, 0.15) is 27.2 Å². The van der Waals surface area contributed by atoms with Crippen LogP contribution in [0.2, 0.25) is 0 Å². The topological polar surface area (TPSA) is 72.8 Å². The van der Waals surface area contributed by atoms with Crippen molar-refractivity contribution < 1.29 is 24.2 Å². The van der Waals surface area contributed by atoms with E-state index >= 15 is 0 Å². The van der Waals surface area contributed by atoms with Gasteiger partial charge in [0.15, 0.2) is 0 Å². The Morgan fingerprint density at radius 2 is 1.95 bits per heavy atom. The van der Waals surface area contributed by atoms with Gasteiger partial charge in [0.1, 0.15) is 16.9 Å². The Bertz CT molecular complexity index is 739. The number of hydrogen-bond acceptors (Lipinski definition) is 4. The first kappa shape index (κ1) is 12.1. The minimum absolute atomic E-state index is 0.0636. The van der Waals surface area contributed by atoms with Crippen LogP contribution in [0.5, 0.6) is 0 Å². The molecule has 9 unspecified atom stereocenters. The van der Waals surface area contributed by atoms with Gasteiger partial charge in [0.25, 0.3) is 0 Å². The summed E-state index contributed by atoms with van der Waals surface area (Å²) in [6.45, 7) is 6.18. The molecule has 1 N–H and O–H groups in total. The first-order valence-corrected chi connectivity index (χ1v) is 8.17. The molecule has 5 fully saturated rings. The molecule has 6 aliphatic rings. The second-order valence-corrected chi connectivity index (χ2v) is 8.22. The van der Waals surface area contributed by atoms with Crippen molar-refractivity contribution in [3.05, 3.63) is 11.1 Å². The Kier molecular flexibility index (Phi) is 1.52. The van der Waals surface area contributed by atoms with Crippen molar-refractivity contribution in [3.63, 3.8) is 0 Å². The van der Waals surface area contributed by atoms with E-state index in [2.05, 4.69) is 6.92 Å². The zero-order valence-electron chi connectivity index (χ0n) is 12.8. The molecule has 4 bridgehead atoms. The summed E-state index contributed by atoms with van der Waals surface area (Å²) in [7, 11) is 0. The number of carboxylic acids is 1. The molecule has 0 radical (unpaired) electrons. The average Bonchev–Trinajstić information content (AvgIpc) is 2.83. The minimum atomic E-state index is -1.07. The lowest BCUT2D eigenvalue weighted by Crippen LogP contribution is -2.42. The normalized spacial score (nSPS) is 65.0. The predicted molar refractivity (Wildman–Crippen MR) is 72.6 cm³/mol. The first-order valence-electron chi connectivity index (χ1n) is 8.17. The molecule has 2 spiro atoms. The Hall–Kier alpha value is -1.36. The molecule has 3 aliphatic carbocycles. The highest BCUT2D eigenvalue weighted by atomic mass is 16.6. The third kappa shape index (κ3) is 0.634. The minimum Gasteiger partial charge on any atom is -0.481 e. The lowest BCUT2D eigenvalue weighted by molar-refractivity contribution is -0.157. The summed E-state index contributed by atoms with van der Waals surface area (Å²) in [5.74, 6) is -0.470. The van der Waals surface area contributed by atoms with Crippen molar-refractivity contribution in [3.8, 4) is 0 Å². The van der Waals surface area contributed by atoms with E-state index in [0.717, 1.165) is 17.6 Å². The van der Waals surface area contributed by atoms with E-state index in [1.807, 2.05) is 13.8 Å². The molecular formula is C17H18O5. The quantitative estimate of drug-likeness (QED) is 0.585. The molecule has 3 heterocycles. The molecule has 5 heteroatoms. The summed E-state index contributed by atoms with van der Waals surface area (Å²) in [4.78, 5) is 25.4. The van der Waals surface area contributed by atoms with E-state index in [4.69, 9.17) is 9.47 Å². The number of carbonyl (C=O) groups is 2. The number of hydrogen-bond donors (Lipinski definition) is 1. The van der Waals surface area contributed by atoms with Gasteiger partial charge in [-0.2, -0.15) is 0 Å². The van der Waals surface area contributed by atoms with Crippen LogP contribution in [0.15, 0.2) is 11.1 Å². The molecule has 0 aromatic carbocycles. The van der Waals surface area contributed by atoms with Crippen LogP contribution in [-0.2, 0) is 19.1 Å². The van der Waals surface area contributed by atoms with E-state index in [9.17, 15) is 14.7 Å². The standard InChI is InChI=1S/C17H18O5/c1-5-6(2)12-17(13(18)19)15(11(5)22-12)8-4-9-10(7(8)3)16(15,17)14(20)21-9/h7-12H,4H2,1-3H3,(H,18,19). The highest BCUT2D eigenvalue weighted by Gasteiger charge is 3.11. The summed E-state index contributed by atoms with van der Waals surface area (Å²) in [5.41, 5.74) is -0.280. The van der Waals surface area contributed by atoms with Crippen molar-refractivity contribution in [2.45, 2.75) is 45.5 Å². The fourth-order valence-electron chi connectivity index (χ4n) is 8.20. The van der Waals surface area contributed by atoms with Crippen molar-refractivity contribution in [2.24, 2.45) is 34.0 Å². The lowest BCUT2D eigenvalue weighted by atomic mass is 9.68. The number of rotatable bonds is 1. The number of esters is 1. The molecule has 2 saturated heterocycles.